The average Bonchev–Trinajstić information content (AvgIpc) is 3.37. The van der Waals surface area contributed by atoms with E-state index in [1.54, 1.807) is 6.20 Å². The van der Waals surface area contributed by atoms with Crippen molar-refractivity contribution in [2.24, 2.45) is 17.6 Å². The first-order valence-corrected chi connectivity index (χ1v) is 14.2. The molecular formula is C31H49N5O4. The summed E-state index contributed by atoms with van der Waals surface area (Å²) >= 11 is 0. The molecule has 2 aromatic rings. The fourth-order valence-corrected chi connectivity index (χ4v) is 5.79. The largest absolute Gasteiger partial charge is 0.391 e. The summed E-state index contributed by atoms with van der Waals surface area (Å²) in [5.41, 5.74) is 10.7. The van der Waals surface area contributed by atoms with Crippen molar-refractivity contribution in [1.29, 1.82) is 0 Å². The van der Waals surface area contributed by atoms with Gasteiger partial charge in [-0.05, 0) is 67.6 Å². The monoisotopic (exact) mass is 555 g/mol. The molecule has 0 aliphatic heterocycles. The molecule has 2 rings (SSSR count). The number of imidazole rings is 1. The van der Waals surface area contributed by atoms with Gasteiger partial charge in [0.1, 0.15) is 12.3 Å². The smallest absolute Gasteiger partial charge is 0.238 e. The normalized spacial score (nSPS) is 16.6. The van der Waals surface area contributed by atoms with Crippen molar-refractivity contribution in [3.63, 3.8) is 0 Å². The van der Waals surface area contributed by atoms with Crippen LogP contribution in [-0.2, 0) is 26.2 Å². The van der Waals surface area contributed by atoms with Gasteiger partial charge in [-0.3, -0.25) is 14.9 Å². The van der Waals surface area contributed by atoms with E-state index in [0.29, 0.717) is 18.4 Å². The van der Waals surface area contributed by atoms with E-state index in [1.165, 1.54) is 29.9 Å². The highest BCUT2D eigenvalue weighted by atomic mass is 16.3. The average molecular weight is 556 g/mol. The van der Waals surface area contributed by atoms with E-state index < -0.39 is 36.2 Å². The number of hydrogen-bond acceptors (Lipinski definition) is 7. The summed E-state index contributed by atoms with van der Waals surface area (Å²) in [6, 6.07) is 2.99. The number of aryl methyl sites for hydroxylation is 2. The molecule has 1 aromatic heterocycles. The number of nitrogens with one attached hydrogen (secondary N) is 3. The van der Waals surface area contributed by atoms with Crippen molar-refractivity contribution < 1.29 is 19.5 Å². The van der Waals surface area contributed by atoms with E-state index in [0.717, 1.165) is 6.42 Å². The van der Waals surface area contributed by atoms with Crippen LogP contribution in [0.25, 0.3) is 0 Å². The second-order valence-electron chi connectivity index (χ2n) is 12.3. The third-order valence-electron chi connectivity index (χ3n) is 7.72. The number of Topliss-reactive ketones (excluding diaryl/α,β-unsaturated/α-hetero) is 1. The van der Waals surface area contributed by atoms with Gasteiger partial charge in [0.15, 0.2) is 5.78 Å². The molecular weight excluding hydrogens is 506 g/mol. The van der Waals surface area contributed by atoms with Crippen LogP contribution in [0.15, 0.2) is 30.7 Å². The quantitative estimate of drug-likeness (QED) is 0.200. The Labute approximate surface area is 239 Å². The topological polar surface area (TPSA) is 150 Å². The summed E-state index contributed by atoms with van der Waals surface area (Å²) in [7, 11) is 0. The van der Waals surface area contributed by atoms with Crippen LogP contribution in [0.2, 0.25) is 0 Å². The molecule has 0 saturated heterocycles. The van der Waals surface area contributed by atoms with E-state index in [2.05, 4.69) is 73.4 Å². The summed E-state index contributed by atoms with van der Waals surface area (Å²) in [6.07, 6.45) is 4.09. The first kappa shape index (κ1) is 33.3. The number of aldehydes is 1. The Hall–Kier alpha value is -2.88. The number of nitrogens with zero attached hydrogens (tertiary/aromatic N) is 1. The summed E-state index contributed by atoms with van der Waals surface area (Å²) in [6.45, 7) is 16.1. The highest BCUT2D eigenvalue weighted by Crippen LogP contribution is 2.36. The number of aliphatic hydroxyl groups excluding tert-OH is 1. The molecule has 6 atom stereocenters. The Morgan fingerprint density at radius 2 is 1.75 bits per heavy atom. The standard InChI is InChI=1S/C31H49N5O4/c1-18(2)28(32)29(39)24(12-19(3)14-31(7,8)27-20(4)10-9-11-21(27)5)35-25(13-23-15-33-17-34-23)30(40)36-26(16-37)22(6)38/h9-11,15-19,22,24-26,28,35,38H,12-14,32H2,1-8H3,(H,33,34)(H,36,40)/t19?,22-,24?,25-,26-,28-/m0/s1. The zero-order valence-corrected chi connectivity index (χ0v) is 25.3. The Kier molecular flexibility index (Phi) is 12.2. The molecule has 1 amide bonds. The zero-order chi connectivity index (χ0) is 30.2. The number of aromatic amines is 1. The number of benzene rings is 1. The molecule has 2 unspecified atom stereocenters. The summed E-state index contributed by atoms with van der Waals surface area (Å²) < 4.78 is 0. The van der Waals surface area contributed by atoms with Gasteiger partial charge in [0.25, 0.3) is 0 Å². The van der Waals surface area contributed by atoms with Crippen molar-refractivity contribution >= 4 is 18.0 Å². The fraction of sp³-hybridized carbons (Fsp3) is 0.613. The molecule has 1 aromatic carbocycles. The predicted octanol–water partition coefficient (Wildman–Crippen LogP) is 2.91. The first-order valence-electron chi connectivity index (χ1n) is 14.2. The maximum Gasteiger partial charge on any atom is 0.238 e. The van der Waals surface area contributed by atoms with Gasteiger partial charge < -0.3 is 25.9 Å². The minimum absolute atomic E-state index is 0.0762. The van der Waals surface area contributed by atoms with Gasteiger partial charge in [-0.1, -0.05) is 52.8 Å². The Balaban J connectivity index is 2.35. The van der Waals surface area contributed by atoms with E-state index in [9.17, 15) is 19.5 Å². The third kappa shape index (κ3) is 9.08. The second kappa shape index (κ2) is 14.7. The van der Waals surface area contributed by atoms with Crippen LogP contribution < -0.4 is 16.4 Å². The minimum Gasteiger partial charge on any atom is -0.391 e. The number of amides is 1. The Morgan fingerprint density at radius 3 is 2.25 bits per heavy atom. The lowest BCUT2D eigenvalue weighted by molar-refractivity contribution is -0.128. The molecule has 0 spiro atoms. The molecule has 40 heavy (non-hydrogen) atoms. The van der Waals surface area contributed by atoms with Crippen LogP contribution in [0.3, 0.4) is 0 Å². The zero-order valence-electron chi connectivity index (χ0n) is 25.3. The molecule has 9 nitrogen and oxygen atoms in total. The molecule has 222 valence electrons. The van der Waals surface area contributed by atoms with Crippen LogP contribution in [0.4, 0.5) is 0 Å². The van der Waals surface area contributed by atoms with Crippen molar-refractivity contribution in [1.82, 2.24) is 20.6 Å². The number of carbonyl (C=O) groups excluding carboxylic acids is 3. The molecule has 9 heteroatoms. The molecule has 0 fully saturated rings. The molecule has 0 aliphatic carbocycles. The lowest BCUT2D eigenvalue weighted by Gasteiger charge is -2.34. The third-order valence-corrected chi connectivity index (χ3v) is 7.72. The van der Waals surface area contributed by atoms with Crippen LogP contribution in [0.5, 0.6) is 0 Å². The number of hydrogen-bond donors (Lipinski definition) is 5. The predicted molar refractivity (Wildman–Crippen MR) is 158 cm³/mol. The fourth-order valence-electron chi connectivity index (χ4n) is 5.79. The Bertz CT molecular complexity index is 1090. The van der Waals surface area contributed by atoms with Gasteiger partial charge in [-0.2, -0.15) is 0 Å². The van der Waals surface area contributed by atoms with Gasteiger partial charge in [-0.15, -0.1) is 0 Å². The minimum atomic E-state index is -1.07. The lowest BCUT2D eigenvalue weighted by Crippen LogP contribution is -2.58. The Morgan fingerprint density at radius 1 is 1.12 bits per heavy atom. The molecule has 0 saturated carbocycles. The van der Waals surface area contributed by atoms with Crippen LogP contribution in [0.1, 0.15) is 76.8 Å². The SMILES string of the molecule is Cc1cccc(C)c1C(C)(C)CC(C)CC(N[C@@H](Cc1cnc[nH]1)C(=O)N[C@@H](C=O)[C@H](C)O)C(=O)[C@@H](N)C(C)C. The number of H-pyrrole nitrogens is 1. The lowest BCUT2D eigenvalue weighted by atomic mass is 9.72. The maximum absolute atomic E-state index is 13.7. The highest BCUT2D eigenvalue weighted by molar-refractivity contribution is 5.91. The van der Waals surface area contributed by atoms with Crippen LogP contribution in [-0.4, -0.2) is 63.3 Å². The molecule has 1 heterocycles. The summed E-state index contributed by atoms with van der Waals surface area (Å²) in [5.74, 6) is -0.609. The van der Waals surface area contributed by atoms with Crippen molar-refractivity contribution in [2.45, 2.75) is 110 Å². The molecule has 0 bridgehead atoms. The molecule has 6 N–H and O–H groups in total. The van der Waals surface area contributed by atoms with Crippen LogP contribution >= 0.6 is 0 Å². The van der Waals surface area contributed by atoms with Gasteiger partial charge >= 0.3 is 0 Å². The molecule has 0 aliphatic rings. The van der Waals surface area contributed by atoms with E-state index in [4.69, 9.17) is 5.73 Å². The van der Waals surface area contributed by atoms with Gasteiger partial charge in [0.2, 0.25) is 5.91 Å². The highest BCUT2D eigenvalue weighted by Gasteiger charge is 2.35. The number of aromatic nitrogens is 2. The van der Waals surface area contributed by atoms with Gasteiger partial charge in [0, 0.05) is 18.3 Å². The first-order chi connectivity index (χ1) is 18.7. The van der Waals surface area contributed by atoms with Gasteiger partial charge in [-0.25, -0.2) is 4.98 Å². The van der Waals surface area contributed by atoms with Crippen molar-refractivity contribution in [3.8, 4) is 0 Å². The van der Waals surface area contributed by atoms with Crippen molar-refractivity contribution in [3.05, 3.63) is 53.1 Å². The number of nitrogens with two attached hydrogens (primary N) is 1. The van der Waals surface area contributed by atoms with Gasteiger partial charge in [0.05, 0.1) is 30.6 Å². The summed E-state index contributed by atoms with van der Waals surface area (Å²) in [4.78, 5) is 45.5. The van der Waals surface area contributed by atoms with E-state index in [-0.39, 0.29) is 29.5 Å². The second-order valence-corrected chi connectivity index (χ2v) is 12.3. The number of carbonyl (C=O) groups is 3. The van der Waals surface area contributed by atoms with E-state index in [1.807, 2.05) is 13.8 Å². The maximum atomic E-state index is 13.7. The number of aliphatic hydroxyl groups is 1. The number of ketones is 1. The summed E-state index contributed by atoms with van der Waals surface area (Å²) in [5, 5.41) is 15.8. The number of rotatable bonds is 16. The van der Waals surface area contributed by atoms with E-state index >= 15 is 0 Å². The van der Waals surface area contributed by atoms with Crippen LogP contribution in [0, 0.1) is 25.7 Å². The van der Waals surface area contributed by atoms with Crippen molar-refractivity contribution in [2.75, 3.05) is 0 Å². The molecule has 0 radical (unpaired) electrons.